The summed E-state index contributed by atoms with van der Waals surface area (Å²) in [5, 5.41) is 0. The summed E-state index contributed by atoms with van der Waals surface area (Å²) >= 11 is 3.47. The van der Waals surface area contributed by atoms with Gasteiger partial charge >= 0.3 is 0 Å². The van der Waals surface area contributed by atoms with Crippen molar-refractivity contribution in [2.75, 3.05) is 13.6 Å². The maximum atomic E-state index is 3.55. The normalized spacial score (nSPS) is 15.9. The second kappa shape index (κ2) is 4.31. The number of hydrogen-bond acceptors (Lipinski definition) is 1. The average Bonchev–Trinajstić information content (AvgIpc) is 2.72. The van der Waals surface area contributed by atoms with Crippen LogP contribution in [-0.2, 0) is 13.0 Å². The van der Waals surface area contributed by atoms with Crippen LogP contribution in [0.15, 0.2) is 34.8 Å². The number of nitrogens with zero attached hydrogens (tertiary/aromatic N) is 1. The van der Waals surface area contributed by atoms with Crippen LogP contribution in [0.2, 0.25) is 0 Å². The quantitative estimate of drug-likeness (QED) is 0.853. The lowest BCUT2D eigenvalue weighted by atomic mass is 10.1. The topological polar surface area (TPSA) is 19.0 Å². The lowest BCUT2D eigenvalue weighted by Crippen LogP contribution is -2.25. The highest BCUT2D eigenvalue weighted by atomic mass is 79.9. The first-order valence-corrected chi connectivity index (χ1v) is 6.67. The minimum absolute atomic E-state index is 1.06. The molecule has 0 unspecified atom stereocenters. The lowest BCUT2D eigenvalue weighted by molar-refractivity contribution is 0.312. The molecule has 0 spiro atoms. The van der Waals surface area contributed by atoms with Crippen LogP contribution in [0.25, 0.3) is 11.3 Å². The van der Waals surface area contributed by atoms with E-state index in [1.807, 2.05) is 0 Å². The van der Waals surface area contributed by atoms with Gasteiger partial charge in [0.1, 0.15) is 0 Å². The van der Waals surface area contributed by atoms with Gasteiger partial charge in [0, 0.05) is 35.4 Å². The Morgan fingerprint density at radius 2 is 2.00 bits per heavy atom. The Hall–Kier alpha value is -1.06. The highest BCUT2D eigenvalue weighted by Gasteiger charge is 2.16. The summed E-state index contributed by atoms with van der Waals surface area (Å²) in [7, 11) is 2.18. The molecule has 1 aromatic carbocycles. The Labute approximate surface area is 110 Å². The number of rotatable bonds is 1. The van der Waals surface area contributed by atoms with Crippen molar-refractivity contribution in [3.63, 3.8) is 0 Å². The standard InChI is InChI=1S/C14H15BrN2/c1-17-7-6-13-11(9-17)8-14(16-13)10-2-4-12(15)5-3-10/h2-5,8,16H,6-7,9H2,1H3. The van der Waals surface area contributed by atoms with Gasteiger partial charge in [-0.3, -0.25) is 0 Å². The van der Waals surface area contributed by atoms with Crippen molar-refractivity contribution in [1.29, 1.82) is 0 Å². The van der Waals surface area contributed by atoms with Crippen molar-refractivity contribution in [1.82, 2.24) is 9.88 Å². The zero-order valence-corrected chi connectivity index (χ0v) is 11.4. The molecule has 3 heteroatoms. The Morgan fingerprint density at radius 1 is 1.24 bits per heavy atom. The third kappa shape index (κ3) is 2.17. The molecule has 0 atom stereocenters. The number of aromatic nitrogens is 1. The summed E-state index contributed by atoms with van der Waals surface area (Å²) < 4.78 is 1.12. The first-order chi connectivity index (χ1) is 8.22. The van der Waals surface area contributed by atoms with E-state index in [2.05, 4.69) is 63.2 Å². The second-order valence-electron chi connectivity index (χ2n) is 4.68. The molecular weight excluding hydrogens is 276 g/mol. The number of likely N-dealkylation sites (N-methyl/N-ethyl adjacent to an activating group) is 1. The summed E-state index contributed by atoms with van der Waals surface area (Å²) in [6.07, 6.45) is 1.13. The Kier molecular flexibility index (Phi) is 2.81. The van der Waals surface area contributed by atoms with Crippen LogP contribution in [0.3, 0.4) is 0 Å². The minimum Gasteiger partial charge on any atom is -0.358 e. The van der Waals surface area contributed by atoms with Gasteiger partial charge in [0.25, 0.3) is 0 Å². The third-order valence-corrected chi connectivity index (χ3v) is 3.86. The fraction of sp³-hybridized carbons (Fsp3) is 0.286. The van der Waals surface area contributed by atoms with E-state index in [-0.39, 0.29) is 0 Å². The van der Waals surface area contributed by atoms with Crippen LogP contribution < -0.4 is 0 Å². The summed E-state index contributed by atoms with van der Waals surface area (Å²) in [5.41, 5.74) is 5.33. The molecule has 1 aliphatic heterocycles. The highest BCUT2D eigenvalue weighted by Crippen LogP contribution is 2.26. The average molecular weight is 291 g/mol. The number of halogens is 1. The van der Waals surface area contributed by atoms with Crippen molar-refractivity contribution in [3.05, 3.63) is 46.1 Å². The summed E-state index contributed by atoms with van der Waals surface area (Å²) in [4.78, 5) is 5.91. The van der Waals surface area contributed by atoms with Gasteiger partial charge < -0.3 is 9.88 Å². The minimum atomic E-state index is 1.06. The largest absolute Gasteiger partial charge is 0.358 e. The number of benzene rings is 1. The van der Waals surface area contributed by atoms with Gasteiger partial charge in [0.2, 0.25) is 0 Å². The number of nitrogens with one attached hydrogen (secondary N) is 1. The van der Waals surface area contributed by atoms with Crippen LogP contribution in [0.5, 0.6) is 0 Å². The van der Waals surface area contributed by atoms with E-state index in [0.29, 0.717) is 0 Å². The highest BCUT2D eigenvalue weighted by molar-refractivity contribution is 9.10. The van der Waals surface area contributed by atoms with Gasteiger partial charge in [0.15, 0.2) is 0 Å². The molecule has 1 aromatic heterocycles. The lowest BCUT2D eigenvalue weighted by Gasteiger charge is -2.21. The molecular formula is C14H15BrN2. The summed E-state index contributed by atoms with van der Waals surface area (Å²) in [6, 6.07) is 10.7. The molecule has 0 saturated heterocycles. The van der Waals surface area contributed by atoms with Gasteiger partial charge in [0.05, 0.1) is 0 Å². The van der Waals surface area contributed by atoms with Gasteiger partial charge in [-0.25, -0.2) is 0 Å². The third-order valence-electron chi connectivity index (χ3n) is 3.33. The first-order valence-electron chi connectivity index (χ1n) is 5.87. The van der Waals surface area contributed by atoms with E-state index in [1.165, 1.54) is 22.5 Å². The van der Waals surface area contributed by atoms with Crippen molar-refractivity contribution in [2.24, 2.45) is 0 Å². The molecule has 0 fully saturated rings. The predicted molar refractivity (Wildman–Crippen MR) is 74.0 cm³/mol. The Bertz CT molecular complexity index is 528. The van der Waals surface area contributed by atoms with Crippen molar-refractivity contribution in [3.8, 4) is 11.3 Å². The van der Waals surface area contributed by atoms with E-state index in [1.54, 1.807) is 0 Å². The van der Waals surface area contributed by atoms with Crippen molar-refractivity contribution in [2.45, 2.75) is 13.0 Å². The van der Waals surface area contributed by atoms with Crippen LogP contribution in [0.1, 0.15) is 11.3 Å². The molecule has 0 aliphatic carbocycles. The van der Waals surface area contributed by atoms with Gasteiger partial charge in [-0.2, -0.15) is 0 Å². The second-order valence-corrected chi connectivity index (χ2v) is 5.60. The molecule has 2 nitrogen and oxygen atoms in total. The Morgan fingerprint density at radius 3 is 2.76 bits per heavy atom. The maximum absolute atomic E-state index is 3.55. The molecule has 1 N–H and O–H groups in total. The van der Waals surface area contributed by atoms with Crippen molar-refractivity contribution < 1.29 is 0 Å². The van der Waals surface area contributed by atoms with E-state index in [0.717, 1.165) is 24.0 Å². The smallest absolute Gasteiger partial charge is 0.0459 e. The monoisotopic (exact) mass is 290 g/mol. The molecule has 2 aromatic rings. The molecule has 0 bridgehead atoms. The molecule has 2 heterocycles. The molecule has 0 saturated carbocycles. The first kappa shape index (κ1) is 11.1. The summed E-state index contributed by atoms with van der Waals surface area (Å²) in [5.74, 6) is 0. The van der Waals surface area contributed by atoms with E-state index in [9.17, 15) is 0 Å². The number of hydrogen-bond donors (Lipinski definition) is 1. The molecule has 1 aliphatic rings. The molecule has 3 rings (SSSR count). The zero-order valence-electron chi connectivity index (χ0n) is 9.83. The van der Waals surface area contributed by atoms with E-state index >= 15 is 0 Å². The molecule has 0 amide bonds. The fourth-order valence-electron chi connectivity index (χ4n) is 2.36. The van der Waals surface area contributed by atoms with E-state index in [4.69, 9.17) is 0 Å². The zero-order chi connectivity index (χ0) is 11.8. The van der Waals surface area contributed by atoms with Gasteiger partial charge in [-0.05, 0) is 36.4 Å². The number of H-pyrrole nitrogens is 1. The number of fused-ring (bicyclic) bond motifs is 1. The predicted octanol–water partition coefficient (Wildman–Crippen LogP) is 3.43. The SMILES string of the molecule is CN1CCc2[nH]c(-c3ccc(Br)cc3)cc2C1. The Balaban J connectivity index is 1.97. The van der Waals surface area contributed by atoms with Crippen LogP contribution in [0.4, 0.5) is 0 Å². The van der Waals surface area contributed by atoms with E-state index < -0.39 is 0 Å². The molecule has 17 heavy (non-hydrogen) atoms. The number of aromatic amines is 1. The van der Waals surface area contributed by atoms with Gasteiger partial charge in [-0.1, -0.05) is 28.1 Å². The van der Waals surface area contributed by atoms with Gasteiger partial charge in [-0.15, -0.1) is 0 Å². The van der Waals surface area contributed by atoms with Crippen LogP contribution in [0, 0.1) is 0 Å². The van der Waals surface area contributed by atoms with Crippen LogP contribution in [-0.4, -0.2) is 23.5 Å². The molecule has 88 valence electrons. The van der Waals surface area contributed by atoms with Crippen LogP contribution >= 0.6 is 15.9 Å². The fourth-order valence-corrected chi connectivity index (χ4v) is 2.63. The van der Waals surface area contributed by atoms with Crippen molar-refractivity contribution >= 4 is 15.9 Å². The molecule has 0 radical (unpaired) electrons. The summed E-state index contributed by atoms with van der Waals surface area (Å²) in [6.45, 7) is 2.20. The maximum Gasteiger partial charge on any atom is 0.0459 e.